The van der Waals surface area contributed by atoms with Gasteiger partial charge < -0.3 is 15.1 Å². The van der Waals surface area contributed by atoms with Crippen molar-refractivity contribution in [3.05, 3.63) is 91.0 Å². The Balaban J connectivity index is 1.86. The SMILES string of the molecule is NNc1cccc(-n2c3ccccc3c3ccc(-c4ccccc4O)cc32)c1. The van der Waals surface area contributed by atoms with Gasteiger partial charge in [0, 0.05) is 22.0 Å². The van der Waals surface area contributed by atoms with Crippen molar-refractivity contribution >= 4 is 27.5 Å². The maximum absolute atomic E-state index is 10.3. The van der Waals surface area contributed by atoms with Crippen LogP contribution >= 0.6 is 0 Å². The molecule has 0 fully saturated rings. The fraction of sp³-hybridized carbons (Fsp3) is 0. The molecule has 4 aromatic carbocycles. The van der Waals surface area contributed by atoms with Crippen molar-refractivity contribution in [2.45, 2.75) is 0 Å². The van der Waals surface area contributed by atoms with Gasteiger partial charge in [0.25, 0.3) is 0 Å². The third-order valence-electron chi connectivity index (χ3n) is 5.16. The number of aromatic nitrogens is 1. The first kappa shape index (κ1) is 16.4. The van der Waals surface area contributed by atoms with Crippen LogP contribution in [0, 0.1) is 0 Å². The number of aromatic hydroxyl groups is 1. The summed E-state index contributed by atoms with van der Waals surface area (Å²) in [6.07, 6.45) is 0. The molecule has 0 aliphatic rings. The van der Waals surface area contributed by atoms with Crippen molar-refractivity contribution in [1.82, 2.24) is 4.57 Å². The van der Waals surface area contributed by atoms with Crippen LogP contribution in [0.4, 0.5) is 5.69 Å². The van der Waals surface area contributed by atoms with Gasteiger partial charge in [-0.05, 0) is 42.0 Å². The van der Waals surface area contributed by atoms with Gasteiger partial charge in [0.2, 0.25) is 0 Å². The van der Waals surface area contributed by atoms with Crippen molar-refractivity contribution in [2.75, 3.05) is 5.43 Å². The minimum atomic E-state index is 0.277. The summed E-state index contributed by atoms with van der Waals surface area (Å²) in [6, 6.07) is 30.1. The van der Waals surface area contributed by atoms with Crippen molar-refractivity contribution in [3.63, 3.8) is 0 Å². The van der Waals surface area contributed by atoms with Crippen LogP contribution in [0.3, 0.4) is 0 Å². The Kier molecular flexibility index (Phi) is 3.78. The van der Waals surface area contributed by atoms with E-state index in [1.807, 2.05) is 42.5 Å². The lowest BCUT2D eigenvalue weighted by atomic mass is 10.0. The maximum atomic E-state index is 10.3. The highest BCUT2D eigenvalue weighted by Crippen LogP contribution is 2.36. The van der Waals surface area contributed by atoms with Gasteiger partial charge in [-0.15, -0.1) is 0 Å². The van der Waals surface area contributed by atoms with Gasteiger partial charge >= 0.3 is 0 Å². The van der Waals surface area contributed by atoms with E-state index in [0.717, 1.165) is 33.5 Å². The molecule has 0 spiro atoms. The lowest BCUT2D eigenvalue weighted by Gasteiger charge is -2.11. The van der Waals surface area contributed by atoms with Crippen LogP contribution in [0.25, 0.3) is 38.6 Å². The average molecular weight is 365 g/mol. The van der Waals surface area contributed by atoms with Gasteiger partial charge in [0.1, 0.15) is 5.75 Å². The zero-order valence-electron chi connectivity index (χ0n) is 15.1. The average Bonchev–Trinajstić information content (AvgIpc) is 3.08. The molecule has 136 valence electrons. The van der Waals surface area contributed by atoms with Gasteiger partial charge in [-0.3, -0.25) is 5.84 Å². The smallest absolute Gasteiger partial charge is 0.123 e. The van der Waals surface area contributed by atoms with E-state index in [1.54, 1.807) is 6.07 Å². The summed E-state index contributed by atoms with van der Waals surface area (Å²) < 4.78 is 2.23. The molecular weight excluding hydrogens is 346 g/mol. The van der Waals surface area contributed by atoms with E-state index in [0.29, 0.717) is 0 Å². The van der Waals surface area contributed by atoms with Crippen molar-refractivity contribution in [2.24, 2.45) is 5.84 Å². The van der Waals surface area contributed by atoms with E-state index >= 15 is 0 Å². The number of benzene rings is 4. The second-order valence-corrected chi connectivity index (χ2v) is 6.80. The molecule has 0 radical (unpaired) electrons. The molecule has 1 aromatic heterocycles. The van der Waals surface area contributed by atoms with Gasteiger partial charge in [-0.1, -0.05) is 54.6 Å². The first-order valence-corrected chi connectivity index (χ1v) is 9.15. The molecule has 0 aliphatic carbocycles. The summed E-state index contributed by atoms with van der Waals surface area (Å²) in [4.78, 5) is 0. The summed E-state index contributed by atoms with van der Waals surface area (Å²) in [7, 11) is 0. The van der Waals surface area contributed by atoms with Gasteiger partial charge in [-0.25, -0.2) is 0 Å². The monoisotopic (exact) mass is 365 g/mol. The molecule has 5 rings (SSSR count). The zero-order chi connectivity index (χ0) is 19.1. The largest absolute Gasteiger partial charge is 0.507 e. The second kappa shape index (κ2) is 6.44. The first-order valence-electron chi connectivity index (χ1n) is 9.15. The van der Waals surface area contributed by atoms with Crippen LogP contribution in [0.5, 0.6) is 5.75 Å². The number of para-hydroxylation sites is 2. The molecule has 0 saturated heterocycles. The van der Waals surface area contributed by atoms with E-state index < -0.39 is 0 Å². The van der Waals surface area contributed by atoms with Crippen LogP contribution in [0.15, 0.2) is 91.0 Å². The topological polar surface area (TPSA) is 63.2 Å². The molecule has 0 aliphatic heterocycles. The molecule has 0 bridgehead atoms. The van der Waals surface area contributed by atoms with Crippen LogP contribution in [0.1, 0.15) is 0 Å². The standard InChI is InChI=1S/C24H19N3O/c25-26-17-6-5-7-18(15-17)27-22-10-3-1-9-20(22)21-13-12-16(14-23(21)27)19-8-2-4-11-24(19)28/h1-15,26,28H,25H2. The minimum Gasteiger partial charge on any atom is -0.507 e. The number of nitrogens with zero attached hydrogens (tertiary/aromatic N) is 1. The Morgan fingerprint density at radius 1 is 0.714 bits per heavy atom. The first-order chi connectivity index (χ1) is 13.8. The molecule has 4 heteroatoms. The molecular formula is C24H19N3O. The quantitative estimate of drug-likeness (QED) is 0.295. The number of hydrazine groups is 1. The molecule has 4 nitrogen and oxygen atoms in total. The lowest BCUT2D eigenvalue weighted by Crippen LogP contribution is -2.07. The highest BCUT2D eigenvalue weighted by Gasteiger charge is 2.14. The number of rotatable bonds is 3. The fourth-order valence-electron chi connectivity index (χ4n) is 3.87. The normalized spacial score (nSPS) is 11.2. The molecule has 0 saturated carbocycles. The van der Waals surface area contributed by atoms with Crippen LogP contribution in [-0.2, 0) is 0 Å². The van der Waals surface area contributed by atoms with Gasteiger partial charge in [0.05, 0.1) is 16.7 Å². The van der Waals surface area contributed by atoms with E-state index in [4.69, 9.17) is 5.84 Å². The Morgan fingerprint density at radius 3 is 2.36 bits per heavy atom. The summed E-state index contributed by atoms with van der Waals surface area (Å²) in [5, 5.41) is 12.7. The Bertz CT molecular complexity index is 1320. The summed E-state index contributed by atoms with van der Waals surface area (Å²) in [6.45, 7) is 0. The van der Waals surface area contributed by atoms with Crippen LogP contribution in [0.2, 0.25) is 0 Å². The van der Waals surface area contributed by atoms with Crippen LogP contribution in [-0.4, -0.2) is 9.67 Å². The van der Waals surface area contributed by atoms with Crippen molar-refractivity contribution < 1.29 is 5.11 Å². The van der Waals surface area contributed by atoms with E-state index in [9.17, 15) is 5.11 Å². The third kappa shape index (κ3) is 2.51. The number of nitrogens with two attached hydrogens (primary N) is 1. The number of anilines is 1. The van der Waals surface area contributed by atoms with E-state index in [-0.39, 0.29) is 5.75 Å². The molecule has 0 atom stereocenters. The van der Waals surface area contributed by atoms with E-state index in [2.05, 4.69) is 52.5 Å². The highest BCUT2D eigenvalue weighted by molar-refractivity contribution is 6.10. The lowest BCUT2D eigenvalue weighted by molar-refractivity contribution is 0.477. The Morgan fingerprint density at radius 2 is 1.50 bits per heavy atom. The van der Waals surface area contributed by atoms with Crippen molar-refractivity contribution in [1.29, 1.82) is 0 Å². The Hall–Kier alpha value is -3.76. The predicted octanol–water partition coefficient (Wildman–Crippen LogP) is 5.44. The van der Waals surface area contributed by atoms with E-state index in [1.165, 1.54) is 10.8 Å². The number of nitrogens with one attached hydrogen (secondary N) is 1. The van der Waals surface area contributed by atoms with Gasteiger partial charge in [0.15, 0.2) is 0 Å². The maximum Gasteiger partial charge on any atom is 0.123 e. The molecule has 4 N–H and O–H groups in total. The Labute approximate surface area is 162 Å². The minimum absolute atomic E-state index is 0.277. The third-order valence-corrected chi connectivity index (χ3v) is 5.16. The number of hydrogen-bond acceptors (Lipinski definition) is 3. The summed E-state index contributed by atoms with van der Waals surface area (Å²) in [5.41, 5.74) is 8.59. The zero-order valence-corrected chi connectivity index (χ0v) is 15.1. The summed E-state index contributed by atoms with van der Waals surface area (Å²) >= 11 is 0. The molecule has 5 aromatic rings. The molecule has 0 amide bonds. The fourth-order valence-corrected chi connectivity index (χ4v) is 3.87. The second-order valence-electron chi connectivity index (χ2n) is 6.80. The number of phenols is 1. The van der Waals surface area contributed by atoms with Gasteiger partial charge in [-0.2, -0.15) is 0 Å². The molecule has 0 unspecified atom stereocenters. The predicted molar refractivity (Wildman–Crippen MR) is 116 cm³/mol. The number of fused-ring (bicyclic) bond motifs is 3. The molecule has 28 heavy (non-hydrogen) atoms. The number of nitrogen functional groups attached to an aromatic ring is 1. The van der Waals surface area contributed by atoms with Crippen LogP contribution < -0.4 is 11.3 Å². The van der Waals surface area contributed by atoms with Crippen molar-refractivity contribution in [3.8, 4) is 22.6 Å². The molecule has 1 heterocycles. The summed E-state index contributed by atoms with van der Waals surface area (Å²) in [5.74, 6) is 5.90. The number of phenolic OH excluding ortho intramolecular Hbond substituents is 1. The highest BCUT2D eigenvalue weighted by atomic mass is 16.3. The number of hydrogen-bond donors (Lipinski definition) is 3.